The van der Waals surface area contributed by atoms with Crippen molar-refractivity contribution in [2.45, 2.75) is 19.5 Å². The molecule has 0 saturated carbocycles. The predicted octanol–water partition coefficient (Wildman–Crippen LogP) is 2.82. The number of hydrogen-bond donors (Lipinski definition) is 2. The van der Waals surface area contributed by atoms with Gasteiger partial charge in [-0.3, -0.25) is 9.59 Å². The van der Waals surface area contributed by atoms with Gasteiger partial charge in [0.25, 0.3) is 11.8 Å². The minimum atomic E-state index is -0.294. The Balaban J connectivity index is 1.44. The maximum Gasteiger partial charge on any atom is 0.284 e. The summed E-state index contributed by atoms with van der Waals surface area (Å²) < 4.78 is 0.547. The lowest BCUT2D eigenvalue weighted by Crippen LogP contribution is -2.25. The maximum atomic E-state index is 12.7. The van der Waals surface area contributed by atoms with E-state index in [0.29, 0.717) is 25.5 Å². The summed E-state index contributed by atoms with van der Waals surface area (Å²) in [6.07, 6.45) is 3.82. The molecule has 1 aliphatic rings. The van der Waals surface area contributed by atoms with Gasteiger partial charge < -0.3 is 15.5 Å². The van der Waals surface area contributed by atoms with Crippen molar-refractivity contribution in [2.75, 3.05) is 18.9 Å². The third-order valence-corrected chi connectivity index (χ3v) is 6.73. The number of hydrogen-bond acceptors (Lipinski definition) is 8. The predicted molar refractivity (Wildman–Crippen MR) is 113 cm³/mol. The van der Waals surface area contributed by atoms with Crippen LogP contribution in [-0.4, -0.2) is 45.5 Å². The number of carbonyl (C=O) groups is 2. The molecule has 0 aliphatic carbocycles. The number of anilines is 1. The van der Waals surface area contributed by atoms with Gasteiger partial charge in [0.05, 0.1) is 33.0 Å². The van der Waals surface area contributed by atoms with Crippen LogP contribution in [0.15, 0.2) is 24.5 Å². The highest BCUT2D eigenvalue weighted by Gasteiger charge is 2.22. The molecule has 0 unspecified atom stereocenters. The van der Waals surface area contributed by atoms with Crippen LogP contribution < -0.4 is 10.6 Å². The molecule has 150 valence electrons. The van der Waals surface area contributed by atoms with Crippen LogP contribution in [0.25, 0.3) is 0 Å². The summed E-state index contributed by atoms with van der Waals surface area (Å²) in [5.74, 6) is -0.537. The van der Waals surface area contributed by atoms with Crippen LogP contribution in [0.4, 0.5) is 5.69 Å². The van der Waals surface area contributed by atoms with Gasteiger partial charge in [0.15, 0.2) is 5.01 Å². The van der Waals surface area contributed by atoms with Crippen molar-refractivity contribution in [3.8, 4) is 0 Å². The second-order valence-electron chi connectivity index (χ2n) is 6.55. The van der Waals surface area contributed by atoms with Crippen LogP contribution in [0, 0.1) is 0 Å². The van der Waals surface area contributed by atoms with Gasteiger partial charge in [-0.1, -0.05) is 11.6 Å². The quantitative estimate of drug-likeness (QED) is 0.622. The number of rotatable bonds is 5. The SMILES string of the molecule is CN1CCc2nc(C(=O)Nc3cnncc3CNC(=O)c3ccc(Cl)s3)sc2C1. The molecule has 2 amide bonds. The molecular formula is C18H17ClN6O2S2. The Morgan fingerprint density at radius 1 is 1.21 bits per heavy atom. The highest BCUT2D eigenvalue weighted by Crippen LogP contribution is 2.25. The zero-order chi connectivity index (χ0) is 20.4. The molecule has 4 rings (SSSR count). The molecule has 29 heavy (non-hydrogen) atoms. The van der Waals surface area contributed by atoms with Gasteiger partial charge in [-0.15, -0.1) is 22.7 Å². The van der Waals surface area contributed by atoms with Crippen molar-refractivity contribution >= 4 is 51.8 Å². The fraction of sp³-hybridized carbons (Fsp3) is 0.278. The molecule has 2 N–H and O–H groups in total. The Bertz CT molecular complexity index is 1070. The van der Waals surface area contributed by atoms with E-state index in [9.17, 15) is 9.59 Å². The number of carbonyl (C=O) groups excluding carboxylic acids is 2. The minimum absolute atomic E-state index is 0.193. The van der Waals surface area contributed by atoms with Crippen molar-refractivity contribution in [3.05, 3.63) is 54.9 Å². The number of nitrogens with zero attached hydrogens (tertiary/aromatic N) is 4. The molecule has 1 aliphatic heterocycles. The fourth-order valence-electron chi connectivity index (χ4n) is 2.89. The summed E-state index contributed by atoms with van der Waals surface area (Å²) in [7, 11) is 2.05. The normalized spacial score (nSPS) is 13.7. The monoisotopic (exact) mass is 448 g/mol. The Hall–Kier alpha value is -2.40. The Morgan fingerprint density at radius 3 is 2.83 bits per heavy atom. The lowest BCUT2D eigenvalue weighted by atomic mass is 10.2. The van der Waals surface area contributed by atoms with Crippen LogP contribution in [0.3, 0.4) is 0 Å². The number of thiophene rings is 1. The summed E-state index contributed by atoms with van der Waals surface area (Å²) in [5.41, 5.74) is 2.12. The number of nitrogens with one attached hydrogen (secondary N) is 2. The topological polar surface area (TPSA) is 100 Å². The zero-order valence-corrected chi connectivity index (χ0v) is 17.8. The minimum Gasteiger partial charge on any atom is -0.347 e. The van der Waals surface area contributed by atoms with Crippen molar-refractivity contribution in [1.29, 1.82) is 0 Å². The van der Waals surface area contributed by atoms with Crippen molar-refractivity contribution in [2.24, 2.45) is 0 Å². The number of amides is 2. The van der Waals surface area contributed by atoms with Gasteiger partial charge >= 0.3 is 0 Å². The molecule has 8 nitrogen and oxygen atoms in total. The van der Waals surface area contributed by atoms with Gasteiger partial charge in [-0.05, 0) is 19.2 Å². The highest BCUT2D eigenvalue weighted by atomic mass is 35.5. The molecule has 0 atom stereocenters. The van der Waals surface area contributed by atoms with Crippen LogP contribution in [0.5, 0.6) is 0 Å². The van der Waals surface area contributed by atoms with Crippen LogP contribution in [0.1, 0.15) is 35.6 Å². The molecule has 11 heteroatoms. The first kappa shape index (κ1) is 19.9. The van der Waals surface area contributed by atoms with E-state index >= 15 is 0 Å². The highest BCUT2D eigenvalue weighted by molar-refractivity contribution is 7.18. The number of thiazole rings is 1. The van der Waals surface area contributed by atoms with E-state index in [4.69, 9.17) is 11.6 Å². The van der Waals surface area contributed by atoms with Gasteiger partial charge in [-0.25, -0.2) is 4.98 Å². The first-order chi connectivity index (χ1) is 14.0. The van der Waals surface area contributed by atoms with Crippen molar-refractivity contribution < 1.29 is 9.59 Å². The number of fused-ring (bicyclic) bond motifs is 1. The Kier molecular flexibility index (Phi) is 5.86. The van der Waals surface area contributed by atoms with Gasteiger partial charge in [-0.2, -0.15) is 10.2 Å². The van der Waals surface area contributed by atoms with E-state index in [2.05, 4.69) is 37.8 Å². The molecule has 0 fully saturated rings. The molecular weight excluding hydrogens is 432 g/mol. The molecule has 0 saturated heterocycles. The number of likely N-dealkylation sites (N-methyl/N-ethyl adjacent to an activating group) is 1. The average molecular weight is 449 g/mol. The molecule has 3 aromatic heterocycles. The average Bonchev–Trinajstić information content (AvgIpc) is 3.33. The Labute approximate surface area is 179 Å². The van der Waals surface area contributed by atoms with Gasteiger partial charge in [0.1, 0.15) is 0 Å². The Morgan fingerprint density at radius 2 is 2.03 bits per heavy atom. The summed E-state index contributed by atoms with van der Waals surface area (Å²) in [5, 5.41) is 13.8. The van der Waals surface area contributed by atoms with Gasteiger partial charge in [0.2, 0.25) is 0 Å². The van der Waals surface area contributed by atoms with Crippen molar-refractivity contribution in [1.82, 2.24) is 25.4 Å². The van der Waals surface area contributed by atoms with Crippen LogP contribution in [-0.2, 0) is 19.5 Å². The van der Waals surface area contributed by atoms with E-state index in [1.165, 1.54) is 35.1 Å². The first-order valence-corrected chi connectivity index (χ1v) is 10.8. The van der Waals surface area contributed by atoms with E-state index < -0.39 is 0 Å². The smallest absolute Gasteiger partial charge is 0.284 e. The number of halogens is 1. The zero-order valence-electron chi connectivity index (χ0n) is 15.4. The third-order valence-electron chi connectivity index (χ3n) is 4.41. The van der Waals surface area contributed by atoms with E-state index in [-0.39, 0.29) is 18.4 Å². The fourth-order valence-corrected chi connectivity index (χ4v) is 4.94. The third kappa shape index (κ3) is 4.61. The van der Waals surface area contributed by atoms with E-state index in [0.717, 1.165) is 30.1 Å². The summed E-state index contributed by atoms with van der Waals surface area (Å²) in [6, 6.07) is 3.34. The van der Waals surface area contributed by atoms with Crippen LogP contribution in [0.2, 0.25) is 4.34 Å². The summed E-state index contributed by atoms with van der Waals surface area (Å²) in [6.45, 7) is 1.94. The largest absolute Gasteiger partial charge is 0.347 e. The molecule has 0 radical (unpaired) electrons. The molecule has 0 spiro atoms. The van der Waals surface area contributed by atoms with E-state index in [1.54, 1.807) is 12.1 Å². The molecule has 3 aromatic rings. The molecule has 4 heterocycles. The summed E-state index contributed by atoms with van der Waals surface area (Å²) in [4.78, 5) is 33.3. The lowest BCUT2D eigenvalue weighted by molar-refractivity contribution is 0.0954. The van der Waals surface area contributed by atoms with E-state index in [1.807, 2.05) is 0 Å². The van der Waals surface area contributed by atoms with Crippen LogP contribution >= 0.6 is 34.3 Å². The standard InChI is InChI=1S/C18H17ClN6O2S2/c1-25-5-4-11-14(9-25)29-18(24-11)17(27)23-12-8-22-21-7-10(12)6-20-16(26)13-2-3-15(19)28-13/h2-3,7-8H,4-6,9H2,1H3,(H,20,26)(H,21,23,27). The molecule has 0 aromatic carbocycles. The maximum absolute atomic E-state index is 12.7. The molecule has 0 bridgehead atoms. The van der Waals surface area contributed by atoms with Crippen molar-refractivity contribution in [3.63, 3.8) is 0 Å². The number of aromatic nitrogens is 3. The summed E-state index contributed by atoms with van der Waals surface area (Å²) >= 11 is 8.48. The lowest BCUT2D eigenvalue weighted by Gasteiger charge is -2.20. The second kappa shape index (κ2) is 8.54. The first-order valence-electron chi connectivity index (χ1n) is 8.81. The van der Waals surface area contributed by atoms with Gasteiger partial charge in [0, 0.05) is 36.5 Å². The second-order valence-corrected chi connectivity index (χ2v) is 9.34.